The highest BCUT2D eigenvalue weighted by Crippen LogP contribution is 1.94. The van der Waals surface area contributed by atoms with Gasteiger partial charge in [-0.2, -0.15) is 8.78 Å². The molecule has 2 N–H and O–H groups in total. The molecule has 5 heteroatoms. The van der Waals surface area contributed by atoms with Gasteiger partial charge in [-0.05, 0) is 6.42 Å². The summed E-state index contributed by atoms with van der Waals surface area (Å²) in [7, 11) is 0. The predicted octanol–water partition coefficient (Wildman–Crippen LogP) is 0.139. The lowest BCUT2D eigenvalue weighted by Crippen LogP contribution is -2.40. The van der Waals surface area contributed by atoms with Crippen LogP contribution in [-0.2, 0) is 4.79 Å². The number of aliphatic hydroxyl groups is 1. The van der Waals surface area contributed by atoms with Crippen molar-refractivity contribution in [3.05, 3.63) is 0 Å². The molecule has 11 heavy (non-hydrogen) atoms. The largest absolute Gasteiger partial charge is 0.394 e. The number of rotatable bonds is 4. The molecule has 0 aliphatic heterocycles. The minimum atomic E-state index is -3.00. The maximum atomic E-state index is 11.6. The van der Waals surface area contributed by atoms with Crippen LogP contribution in [0.1, 0.15) is 13.3 Å². The molecule has 0 spiro atoms. The fourth-order valence-corrected chi connectivity index (χ4v) is 0.541. The summed E-state index contributed by atoms with van der Waals surface area (Å²) >= 11 is 0. The lowest BCUT2D eigenvalue weighted by Gasteiger charge is -2.12. The fraction of sp³-hybridized carbons (Fsp3) is 0.833. The molecule has 0 unspecified atom stereocenters. The van der Waals surface area contributed by atoms with Crippen LogP contribution >= 0.6 is 0 Å². The van der Waals surface area contributed by atoms with E-state index >= 15 is 0 Å². The molecule has 1 amide bonds. The first kappa shape index (κ1) is 10.3. The topological polar surface area (TPSA) is 49.3 Å². The number of carbonyl (C=O) groups excluding carboxylic acids is 1. The first-order valence-corrected chi connectivity index (χ1v) is 3.31. The predicted molar refractivity (Wildman–Crippen MR) is 35.3 cm³/mol. The van der Waals surface area contributed by atoms with E-state index in [9.17, 15) is 13.6 Å². The van der Waals surface area contributed by atoms with Crippen LogP contribution < -0.4 is 5.32 Å². The van der Waals surface area contributed by atoms with E-state index in [0.29, 0.717) is 6.42 Å². The lowest BCUT2D eigenvalue weighted by molar-refractivity contribution is -0.132. The van der Waals surface area contributed by atoms with Crippen LogP contribution in [0, 0.1) is 0 Å². The van der Waals surface area contributed by atoms with Crippen LogP contribution in [0.2, 0.25) is 0 Å². The summed E-state index contributed by atoms with van der Waals surface area (Å²) in [6, 6.07) is -0.559. The van der Waals surface area contributed by atoms with E-state index < -0.39 is 18.4 Å². The Morgan fingerprint density at radius 1 is 1.64 bits per heavy atom. The SMILES string of the molecule is CC[C@@H](CO)NC(=O)C(F)F. The number of nitrogens with one attached hydrogen (secondary N) is 1. The standard InChI is InChI=1S/C6H11F2NO2/c1-2-4(3-10)9-6(11)5(7)8/h4-5,10H,2-3H2,1H3,(H,9,11)/t4-/m0/s1. The molecule has 1 atom stereocenters. The summed E-state index contributed by atoms with van der Waals surface area (Å²) in [5, 5.41) is 10.5. The molecule has 3 nitrogen and oxygen atoms in total. The Labute approximate surface area is 63.4 Å². The molecule has 0 bridgehead atoms. The maximum absolute atomic E-state index is 11.6. The van der Waals surface area contributed by atoms with Crippen molar-refractivity contribution >= 4 is 5.91 Å². The van der Waals surface area contributed by atoms with Crippen LogP contribution in [0.25, 0.3) is 0 Å². The maximum Gasteiger partial charge on any atom is 0.315 e. The molecule has 0 aromatic heterocycles. The zero-order chi connectivity index (χ0) is 8.85. The molecule has 0 fully saturated rings. The van der Waals surface area contributed by atoms with Gasteiger partial charge < -0.3 is 10.4 Å². The molecular weight excluding hydrogens is 156 g/mol. The quantitative estimate of drug-likeness (QED) is 0.625. The zero-order valence-corrected chi connectivity index (χ0v) is 6.18. The molecule has 0 aromatic carbocycles. The molecule has 0 aliphatic carbocycles. The summed E-state index contributed by atoms with van der Waals surface area (Å²) in [4.78, 5) is 10.3. The van der Waals surface area contributed by atoms with Crippen molar-refractivity contribution in [1.82, 2.24) is 5.32 Å². The average molecular weight is 167 g/mol. The van der Waals surface area contributed by atoms with Crippen molar-refractivity contribution in [2.75, 3.05) is 6.61 Å². The number of halogens is 2. The first-order chi connectivity index (χ1) is 5.11. The number of carbonyl (C=O) groups is 1. The van der Waals surface area contributed by atoms with Crippen molar-refractivity contribution in [2.45, 2.75) is 25.8 Å². The third-order valence-corrected chi connectivity index (χ3v) is 1.26. The van der Waals surface area contributed by atoms with E-state index in [2.05, 4.69) is 0 Å². The summed E-state index contributed by atoms with van der Waals surface area (Å²) in [5.74, 6) is -1.33. The number of hydrogen-bond donors (Lipinski definition) is 2. The van der Waals surface area contributed by atoms with Gasteiger partial charge in [0, 0.05) is 0 Å². The third kappa shape index (κ3) is 3.87. The van der Waals surface area contributed by atoms with Crippen LogP contribution in [-0.4, -0.2) is 30.1 Å². The summed E-state index contributed by atoms with van der Waals surface area (Å²) < 4.78 is 23.1. The van der Waals surface area contributed by atoms with Gasteiger partial charge in [-0.1, -0.05) is 6.92 Å². The van der Waals surface area contributed by atoms with Gasteiger partial charge in [0.15, 0.2) is 0 Å². The molecule has 0 heterocycles. The smallest absolute Gasteiger partial charge is 0.315 e. The molecule has 66 valence electrons. The number of amides is 1. The van der Waals surface area contributed by atoms with Crippen LogP contribution in [0.15, 0.2) is 0 Å². The van der Waals surface area contributed by atoms with Gasteiger partial charge in [0.2, 0.25) is 0 Å². The molecule has 0 aliphatic rings. The van der Waals surface area contributed by atoms with Gasteiger partial charge in [-0.3, -0.25) is 4.79 Å². The lowest BCUT2D eigenvalue weighted by atomic mass is 10.2. The highest BCUT2D eigenvalue weighted by molar-refractivity contribution is 5.79. The van der Waals surface area contributed by atoms with Crippen molar-refractivity contribution < 1.29 is 18.7 Å². The second-order valence-corrected chi connectivity index (χ2v) is 2.10. The zero-order valence-electron chi connectivity index (χ0n) is 6.18. The van der Waals surface area contributed by atoms with E-state index in [1.54, 1.807) is 6.92 Å². The van der Waals surface area contributed by atoms with Gasteiger partial charge in [0.1, 0.15) is 0 Å². The molecular formula is C6H11F2NO2. The summed E-state index contributed by atoms with van der Waals surface area (Å²) in [5.41, 5.74) is 0. The van der Waals surface area contributed by atoms with E-state index in [-0.39, 0.29) is 6.61 Å². The minimum Gasteiger partial charge on any atom is -0.394 e. The summed E-state index contributed by atoms with van der Waals surface area (Å²) in [6.45, 7) is 1.38. The van der Waals surface area contributed by atoms with Gasteiger partial charge in [-0.25, -0.2) is 0 Å². The Hall–Kier alpha value is -0.710. The third-order valence-electron chi connectivity index (χ3n) is 1.26. The van der Waals surface area contributed by atoms with Crippen LogP contribution in [0.4, 0.5) is 8.78 Å². The van der Waals surface area contributed by atoms with E-state index in [1.807, 2.05) is 5.32 Å². The van der Waals surface area contributed by atoms with Crippen molar-refractivity contribution in [3.63, 3.8) is 0 Å². The van der Waals surface area contributed by atoms with Gasteiger partial charge in [0.05, 0.1) is 12.6 Å². The summed E-state index contributed by atoms with van der Waals surface area (Å²) in [6.07, 6.45) is -2.56. The Balaban J connectivity index is 3.72. The molecule has 0 rings (SSSR count). The van der Waals surface area contributed by atoms with E-state index in [4.69, 9.17) is 5.11 Å². The highest BCUT2D eigenvalue weighted by atomic mass is 19.3. The Bertz CT molecular complexity index is 126. The minimum absolute atomic E-state index is 0.311. The molecule has 0 radical (unpaired) electrons. The molecule has 0 aromatic rings. The molecule has 0 saturated carbocycles. The van der Waals surface area contributed by atoms with Crippen molar-refractivity contribution in [3.8, 4) is 0 Å². The van der Waals surface area contributed by atoms with Crippen LogP contribution in [0.5, 0.6) is 0 Å². The fourth-order valence-electron chi connectivity index (χ4n) is 0.541. The number of hydrogen-bond acceptors (Lipinski definition) is 2. The second kappa shape index (κ2) is 5.01. The monoisotopic (exact) mass is 167 g/mol. The Morgan fingerprint density at radius 3 is 2.45 bits per heavy atom. The van der Waals surface area contributed by atoms with Gasteiger partial charge in [-0.15, -0.1) is 0 Å². The second-order valence-electron chi connectivity index (χ2n) is 2.10. The van der Waals surface area contributed by atoms with Crippen molar-refractivity contribution in [2.24, 2.45) is 0 Å². The highest BCUT2D eigenvalue weighted by Gasteiger charge is 2.17. The number of alkyl halides is 2. The first-order valence-electron chi connectivity index (χ1n) is 3.31. The van der Waals surface area contributed by atoms with E-state index in [1.165, 1.54) is 0 Å². The number of aliphatic hydroxyl groups excluding tert-OH is 1. The average Bonchev–Trinajstić information content (AvgIpc) is 1.99. The van der Waals surface area contributed by atoms with Gasteiger partial charge >= 0.3 is 6.43 Å². The normalized spacial score (nSPS) is 13.2. The van der Waals surface area contributed by atoms with Gasteiger partial charge in [0.25, 0.3) is 5.91 Å². The molecule has 0 saturated heterocycles. The van der Waals surface area contributed by atoms with Crippen molar-refractivity contribution in [1.29, 1.82) is 0 Å². The van der Waals surface area contributed by atoms with E-state index in [0.717, 1.165) is 0 Å². The Morgan fingerprint density at radius 2 is 2.18 bits per heavy atom. The van der Waals surface area contributed by atoms with Crippen LogP contribution in [0.3, 0.4) is 0 Å². The Kier molecular flexibility index (Phi) is 4.69.